The minimum atomic E-state index is -0.228. The number of likely N-dealkylation sites (N-methyl/N-ethyl adjacent to an activating group) is 1. The van der Waals surface area contributed by atoms with E-state index in [9.17, 15) is 4.79 Å². The van der Waals surface area contributed by atoms with E-state index in [1.54, 1.807) is 18.6 Å². The van der Waals surface area contributed by atoms with Crippen LogP contribution in [0.2, 0.25) is 0 Å². The Hall–Kier alpha value is -2.80. The number of aromatic nitrogens is 3. The number of hydrogen-bond donors (Lipinski definition) is 3. The lowest BCUT2D eigenvalue weighted by atomic mass is 10.0. The van der Waals surface area contributed by atoms with Gasteiger partial charge in [-0.1, -0.05) is 13.8 Å². The minimum absolute atomic E-state index is 0.228. The molecule has 0 aromatic carbocycles. The van der Waals surface area contributed by atoms with Crippen molar-refractivity contribution in [2.75, 3.05) is 13.1 Å². The molecule has 0 saturated carbocycles. The van der Waals surface area contributed by atoms with Gasteiger partial charge < -0.3 is 10.3 Å². The lowest BCUT2D eigenvalue weighted by Crippen LogP contribution is -2.16. The van der Waals surface area contributed by atoms with Crippen LogP contribution >= 0.6 is 0 Å². The summed E-state index contributed by atoms with van der Waals surface area (Å²) in [5.41, 5.74) is 8.78. The first kappa shape index (κ1) is 18.0. The Morgan fingerprint density at radius 2 is 2.08 bits per heavy atom. The van der Waals surface area contributed by atoms with Crippen LogP contribution < -0.4 is 10.7 Å². The van der Waals surface area contributed by atoms with E-state index in [0.717, 1.165) is 37.3 Å². The highest BCUT2D eigenvalue weighted by Gasteiger charge is 2.26. The number of carbonyl (C=O) groups excluding carboxylic acids is 1. The van der Waals surface area contributed by atoms with Gasteiger partial charge in [-0.05, 0) is 50.1 Å². The summed E-state index contributed by atoms with van der Waals surface area (Å²) in [6.45, 7) is 8.21. The van der Waals surface area contributed by atoms with Gasteiger partial charge in [-0.2, -0.15) is 5.10 Å². The number of rotatable bonds is 7. The predicted molar refractivity (Wildman–Crippen MR) is 102 cm³/mol. The predicted octanol–water partition coefficient (Wildman–Crippen LogP) is 1.75. The van der Waals surface area contributed by atoms with Crippen LogP contribution in [0.3, 0.4) is 0 Å². The van der Waals surface area contributed by atoms with Crippen LogP contribution in [0, 0.1) is 6.92 Å². The molecule has 1 aliphatic heterocycles. The molecule has 3 heterocycles. The largest absolute Gasteiger partial charge is 0.359 e. The highest BCUT2D eigenvalue weighted by Crippen LogP contribution is 2.24. The summed E-state index contributed by atoms with van der Waals surface area (Å²) in [6.07, 6.45) is 8.52. The number of H-pyrrole nitrogens is 1. The lowest BCUT2D eigenvalue weighted by molar-refractivity contribution is -0.116. The molecule has 0 saturated heterocycles. The first-order valence-electron chi connectivity index (χ1n) is 8.93. The summed E-state index contributed by atoms with van der Waals surface area (Å²) in [6, 6.07) is 0. The fourth-order valence-electron chi connectivity index (χ4n) is 3.23. The maximum absolute atomic E-state index is 12.3. The third-order valence-corrected chi connectivity index (χ3v) is 4.48. The second-order valence-corrected chi connectivity index (χ2v) is 6.13. The molecule has 0 fully saturated rings. The smallest absolute Gasteiger partial charge is 0.273 e. The molecule has 0 spiro atoms. The van der Waals surface area contributed by atoms with Crippen molar-refractivity contribution in [1.82, 2.24) is 25.7 Å². The molecular weight excluding hydrogens is 328 g/mol. The molecule has 7 heteroatoms. The fourth-order valence-corrected chi connectivity index (χ4v) is 3.23. The van der Waals surface area contributed by atoms with Crippen molar-refractivity contribution in [3.8, 4) is 0 Å². The van der Waals surface area contributed by atoms with Crippen LogP contribution in [0.5, 0.6) is 0 Å². The number of amides is 1. The zero-order valence-corrected chi connectivity index (χ0v) is 15.4. The molecule has 3 rings (SSSR count). The summed E-state index contributed by atoms with van der Waals surface area (Å²) in [4.78, 5) is 24.1. The van der Waals surface area contributed by atoms with Gasteiger partial charge >= 0.3 is 0 Å². The Balaban J connectivity index is 1.97. The highest BCUT2D eigenvalue weighted by atomic mass is 16.2. The fraction of sp³-hybridized carbons (Fsp3) is 0.368. The third-order valence-electron chi connectivity index (χ3n) is 4.48. The van der Waals surface area contributed by atoms with Gasteiger partial charge in [-0.25, -0.2) is 5.43 Å². The summed E-state index contributed by atoms with van der Waals surface area (Å²) in [5.74, 6) is -0.228. The van der Waals surface area contributed by atoms with E-state index in [0.29, 0.717) is 17.0 Å². The summed E-state index contributed by atoms with van der Waals surface area (Å²) < 4.78 is 0. The molecule has 1 aliphatic rings. The topological polar surface area (TPSA) is 95.1 Å². The van der Waals surface area contributed by atoms with Crippen LogP contribution in [0.1, 0.15) is 42.1 Å². The van der Waals surface area contributed by atoms with Crippen molar-refractivity contribution in [1.29, 1.82) is 0 Å². The standard InChI is InChI=1S/C19H24N6O/c1-4-13-14(6-7-20-5-2)12(3)23-16(13)10-15-18(24-25-19(15)26)17-11-21-8-9-22-17/h8-11,20,23H,4-7H2,1-3H3,(H,25,26). The van der Waals surface area contributed by atoms with E-state index in [-0.39, 0.29) is 5.91 Å². The molecule has 2 aromatic rings. The van der Waals surface area contributed by atoms with Gasteiger partial charge in [-0.15, -0.1) is 0 Å². The van der Waals surface area contributed by atoms with E-state index >= 15 is 0 Å². The summed E-state index contributed by atoms with van der Waals surface area (Å²) in [7, 11) is 0. The molecule has 136 valence electrons. The Kier molecular flexibility index (Phi) is 5.58. The number of aryl methyl sites for hydroxylation is 1. The Labute approximate surface area is 153 Å². The van der Waals surface area contributed by atoms with Gasteiger partial charge in [0.1, 0.15) is 11.4 Å². The summed E-state index contributed by atoms with van der Waals surface area (Å²) >= 11 is 0. The Morgan fingerprint density at radius 3 is 2.77 bits per heavy atom. The SMILES string of the molecule is CCNCCc1c(C)[nH]c(C=C2C(=O)NN=C2c2cnccn2)c1CC. The first-order valence-corrected chi connectivity index (χ1v) is 8.93. The van der Waals surface area contributed by atoms with Gasteiger partial charge in [0.25, 0.3) is 5.91 Å². The van der Waals surface area contributed by atoms with E-state index in [1.807, 2.05) is 6.08 Å². The van der Waals surface area contributed by atoms with Crippen molar-refractivity contribution >= 4 is 17.7 Å². The van der Waals surface area contributed by atoms with Crippen molar-refractivity contribution in [3.05, 3.63) is 52.4 Å². The lowest BCUT2D eigenvalue weighted by Gasteiger charge is -2.06. The molecule has 3 N–H and O–H groups in total. The van der Waals surface area contributed by atoms with E-state index in [4.69, 9.17) is 0 Å². The van der Waals surface area contributed by atoms with Crippen molar-refractivity contribution in [2.24, 2.45) is 5.10 Å². The number of carbonyl (C=O) groups is 1. The van der Waals surface area contributed by atoms with Crippen LogP contribution in [-0.4, -0.2) is 39.7 Å². The maximum atomic E-state index is 12.3. The average Bonchev–Trinajstić information content (AvgIpc) is 3.16. The molecule has 0 radical (unpaired) electrons. The zero-order valence-electron chi connectivity index (χ0n) is 15.4. The third kappa shape index (κ3) is 3.57. The van der Waals surface area contributed by atoms with E-state index in [1.165, 1.54) is 11.1 Å². The van der Waals surface area contributed by atoms with Gasteiger partial charge in [0.05, 0.1) is 11.8 Å². The molecule has 2 aromatic heterocycles. The Bertz CT molecular complexity index is 850. The van der Waals surface area contributed by atoms with Gasteiger partial charge in [-0.3, -0.25) is 14.8 Å². The molecule has 0 unspecified atom stereocenters. The van der Waals surface area contributed by atoms with Gasteiger partial charge in [0.2, 0.25) is 0 Å². The van der Waals surface area contributed by atoms with Crippen LogP contribution in [0.4, 0.5) is 0 Å². The van der Waals surface area contributed by atoms with Gasteiger partial charge in [0, 0.05) is 23.8 Å². The number of aromatic amines is 1. The average molecular weight is 352 g/mol. The van der Waals surface area contributed by atoms with E-state index < -0.39 is 0 Å². The molecule has 0 atom stereocenters. The highest BCUT2D eigenvalue weighted by molar-refractivity contribution is 6.32. The zero-order chi connectivity index (χ0) is 18.5. The van der Waals surface area contributed by atoms with E-state index in [2.05, 4.69) is 51.6 Å². The second-order valence-electron chi connectivity index (χ2n) is 6.13. The quantitative estimate of drug-likeness (QED) is 0.522. The summed E-state index contributed by atoms with van der Waals surface area (Å²) in [5, 5.41) is 7.50. The van der Waals surface area contributed by atoms with Crippen molar-refractivity contribution in [2.45, 2.75) is 33.6 Å². The molecule has 7 nitrogen and oxygen atoms in total. The number of hydrazone groups is 1. The molecule has 1 amide bonds. The van der Waals surface area contributed by atoms with Crippen molar-refractivity contribution < 1.29 is 4.79 Å². The van der Waals surface area contributed by atoms with Crippen LogP contribution in [0.15, 0.2) is 29.3 Å². The van der Waals surface area contributed by atoms with Crippen LogP contribution in [-0.2, 0) is 17.6 Å². The Morgan fingerprint density at radius 1 is 1.23 bits per heavy atom. The number of nitrogens with zero attached hydrogens (tertiary/aromatic N) is 3. The first-order chi connectivity index (χ1) is 12.7. The van der Waals surface area contributed by atoms with Crippen molar-refractivity contribution in [3.63, 3.8) is 0 Å². The van der Waals surface area contributed by atoms with Gasteiger partial charge in [0.15, 0.2) is 0 Å². The monoisotopic (exact) mass is 352 g/mol. The maximum Gasteiger partial charge on any atom is 0.273 e. The molecule has 0 bridgehead atoms. The molecule has 0 aliphatic carbocycles. The second kappa shape index (κ2) is 8.05. The van der Waals surface area contributed by atoms with Crippen LogP contribution in [0.25, 0.3) is 6.08 Å². The minimum Gasteiger partial charge on any atom is -0.359 e. The molecule has 26 heavy (non-hydrogen) atoms. The normalized spacial score (nSPS) is 15.4. The molecular formula is C19H24N6O. The number of nitrogens with one attached hydrogen (secondary N) is 3. The number of hydrogen-bond acceptors (Lipinski definition) is 5.